The molecule has 0 unspecified atom stereocenters. The first kappa shape index (κ1) is 13.6. The van der Waals surface area contributed by atoms with Gasteiger partial charge in [0.2, 0.25) is 0 Å². The molecule has 0 aliphatic heterocycles. The first-order chi connectivity index (χ1) is 9.16. The fourth-order valence-electron chi connectivity index (χ4n) is 1.64. The number of rotatable bonds is 6. The van der Waals surface area contributed by atoms with Crippen molar-refractivity contribution in [3.8, 4) is 5.75 Å². The molecule has 19 heavy (non-hydrogen) atoms. The summed E-state index contributed by atoms with van der Waals surface area (Å²) in [4.78, 5) is 3.91. The minimum Gasteiger partial charge on any atom is -0.490 e. The molecule has 0 saturated heterocycles. The first-order valence-corrected chi connectivity index (χ1v) is 5.91. The molecule has 7 heteroatoms. The molecule has 2 N–H and O–H groups in total. The third-order valence-corrected chi connectivity index (χ3v) is 2.63. The molecule has 0 aliphatic carbocycles. The van der Waals surface area contributed by atoms with Crippen molar-refractivity contribution in [1.29, 1.82) is 0 Å². The minimum atomic E-state index is -1.63. The molecule has 0 radical (unpaired) electrons. The normalized spacial score (nSPS) is 10.5. The van der Waals surface area contributed by atoms with Crippen LogP contribution >= 0.6 is 0 Å². The van der Waals surface area contributed by atoms with E-state index in [0.29, 0.717) is 13.0 Å². The van der Waals surface area contributed by atoms with Crippen LogP contribution in [0.4, 0.5) is 4.39 Å². The highest BCUT2D eigenvalue weighted by Gasteiger charge is 2.14. The second kappa shape index (κ2) is 6.35. The average Bonchev–Trinajstić information content (AvgIpc) is 2.89. The van der Waals surface area contributed by atoms with Gasteiger partial charge in [-0.25, -0.2) is 9.37 Å². The predicted octanol–water partition coefficient (Wildman–Crippen LogP) is 0.171. The lowest BCUT2D eigenvalue weighted by molar-refractivity contribution is 0.287. The average molecular weight is 264 g/mol. The molecule has 0 spiro atoms. The van der Waals surface area contributed by atoms with Crippen LogP contribution in [0.15, 0.2) is 36.9 Å². The number of aryl methyl sites for hydroxylation is 1. The quantitative estimate of drug-likeness (QED) is 0.576. The molecule has 2 aromatic rings. The summed E-state index contributed by atoms with van der Waals surface area (Å²) in [6, 6.07) is 3.75. The van der Waals surface area contributed by atoms with Gasteiger partial charge in [0, 0.05) is 18.9 Å². The van der Waals surface area contributed by atoms with Gasteiger partial charge in [0.05, 0.1) is 12.9 Å². The molecule has 1 heterocycles. The lowest BCUT2D eigenvalue weighted by Gasteiger charge is -2.09. The second-order valence-corrected chi connectivity index (χ2v) is 4.07. The van der Waals surface area contributed by atoms with E-state index in [1.165, 1.54) is 12.1 Å². The van der Waals surface area contributed by atoms with E-state index >= 15 is 0 Å². The molecule has 0 amide bonds. The monoisotopic (exact) mass is 264 g/mol. The molecule has 2 rings (SSSR count). The third kappa shape index (κ3) is 3.80. The topological polar surface area (TPSA) is 67.5 Å². The summed E-state index contributed by atoms with van der Waals surface area (Å²) in [5.74, 6) is -0.497. The van der Waals surface area contributed by atoms with E-state index in [2.05, 4.69) is 4.98 Å². The van der Waals surface area contributed by atoms with Crippen LogP contribution in [0, 0.1) is 5.82 Å². The maximum absolute atomic E-state index is 13.4. The maximum atomic E-state index is 13.4. The summed E-state index contributed by atoms with van der Waals surface area (Å²) in [7, 11) is -1.63. The Kier molecular flexibility index (Phi) is 4.54. The van der Waals surface area contributed by atoms with Gasteiger partial charge in [0.15, 0.2) is 11.6 Å². The molecule has 5 nitrogen and oxygen atoms in total. The Morgan fingerprint density at radius 2 is 2.21 bits per heavy atom. The summed E-state index contributed by atoms with van der Waals surface area (Å²) >= 11 is 0. The van der Waals surface area contributed by atoms with Gasteiger partial charge in [-0.2, -0.15) is 0 Å². The van der Waals surface area contributed by atoms with Crippen LogP contribution in [0.1, 0.15) is 6.42 Å². The highest BCUT2D eigenvalue weighted by Crippen LogP contribution is 2.14. The second-order valence-electron chi connectivity index (χ2n) is 4.07. The maximum Gasteiger partial charge on any atom is 0.488 e. The number of hydrogen-bond donors (Lipinski definition) is 2. The van der Waals surface area contributed by atoms with E-state index in [9.17, 15) is 4.39 Å². The molecule has 0 saturated carbocycles. The summed E-state index contributed by atoms with van der Waals surface area (Å²) in [6.07, 6.45) is 5.92. The standard InChI is InChI=1S/C12H14BFN2O3/c14-11-3-2-10(13(17)18)8-12(11)19-7-1-5-16-6-4-15-9-16/h2-4,6,8-9,17-18H,1,5,7H2. The van der Waals surface area contributed by atoms with Crippen molar-refractivity contribution in [2.75, 3.05) is 6.61 Å². The van der Waals surface area contributed by atoms with Crippen molar-refractivity contribution in [2.24, 2.45) is 0 Å². The van der Waals surface area contributed by atoms with Gasteiger partial charge in [0.25, 0.3) is 0 Å². The van der Waals surface area contributed by atoms with Gasteiger partial charge in [-0.15, -0.1) is 0 Å². The Bertz CT molecular complexity index is 520. The van der Waals surface area contributed by atoms with E-state index in [1.807, 2.05) is 10.8 Å². The van der Waals surface area contributed by atoms with Gasteiger partial charge in [-0.3, -0.25) is 0 Å². The van der Waals surface area contributed by atoms with Gasteiger partial charge in [-0.05, 0) is 24.0 Å². The minimum absolute atomic E-state index is 0.0243. The Labute approximate surface area is 110 Å². The molecule has 1 aromatic heterocycles. The lowest BCUT2D eigenvalue weighted by atomic mass is 9.80. The van der Waals surface area contributed by atoms with Crippen molar-refractivity contribution in [3.05, 3.63) is 42.7 Å². The molecule has 1 aromatic carbocycles. The van der Waals surface area contributed by atoms with E-state index in [0.717, 1.165) is 12.6 Å². The van der Waals surface area contributed by atoms with Crippen LogP contribution in [-0.4, -0.2) is 33.3 Å². The van der Waals surface area contributed by atoms with Crippen LogP contribution in [0.3, 0.4) is 0 Å². The fraction of sp³-hybridized carbons (Fsp3) is 0.250. The molecule has 100 valence electrons. The lowest BCUT2D eigenvalue weighted by Crippen LogP contribution is -2.29. The highest BCUT2D eigenvalue weighted by molar-refractivity contribution is 6.58. The van der Waals surface area contributed by atoms with Crippen molar-refractivity contribution in [2.45, 2.75) is 13.0 Å². The van der Waals surface area contributed by atoms with Crippen LogP contribution in [0.5, 0.6) is 5.75 Å². The van der Waals surface area contributed by atoms with Gasteiger partial charge in [0.1, 0.15) is 0 Å². The molecule has 0 bridgehead atoms. The smallest absolute Gasteiger partial charge is 0.488 e. The van der Waals surface area contributed by atoms with Crippen LogP contribution < -0.4 is 10.2 Å². The van der Waals surface area contributed by atoms with Gasteiger partial charge >= 0.3 is 7.12 Å². The molecular weight excluding hydrogens is 250 g/mol. The Morgan fingerprint density at radius 1 is 1.37 bits per heavy atom. The molecule has 0 fully saturated rings. The van der Waals surface area contributed by atoms with Crippen LogP contribution in [-0.2, 0) is 6.54 Å². The predicted molar refractivity (Wildman–Crippen MR) is 68.6 cm³/mol. The molecular formula is C12H14BFN2O3. The number of hydrogen-bond acceptors (Lipinski definition) is 4. The highest BCUT2D eigenvalue weighted by atomic mass is 19.1. The summed E-state index contributed by atoms with van der Waals surface area (Å²) in [5, 5.41) is 18.0. The van der Waals surface area contributed by atoms with E-state index in [1.54, 1.807) is 12.5 Å². The zero-order valence-corrected chi connectivity index (χ0v) is 10.2. The molecule has 0 aliphatic rings. The van der Waals surface area contributed by atoms with Crippen LogP contribution in [0.2, 0.25) is 0 Å². The zero-order chi connectivity index (χ0) is 13.7. The van der Waals surface area contributed by atoms with Crippen molar-refractivity contribution >= 4 is 12.6 Å². The number of aromatic nitrogens is 2. The fourth-order valence-corrected chi connectivity index (χ4v) is 1.64. The number of halogens is 1. The number of ether oxygens (including phenoxy) is 1. The number of nitrogens with zero attached hydrogens (tertiary/aromatic N) is 2. The molecule has 0 atom stereocenters. The van der Waals surface area contributed by atoms with Crippen molar-refractivity contribution < 1.29 is 19.2 Å². The Balaban J connectivity index is 1.86. The van der Waals surface area contributed by atoms with Gasteiger partial charge in [-0.1, -0.05) is 6.07 Å². The first-order valence-electron chi connectivity index (χ1n) is 5.91. The van der Waals surface area contributed by atoms with Crippen molar-refractivity contribution in [1.82, 2.24) is 9.55 Å². The van der Waals surface area contributed by atoms with Crippen molar-refractivity contribution in [3.63, 3.8) is 0 Å². The van der Waals surface area contributed by atoms with E-state index < -0.39 is 12.9 Å². The largest absolute Gasteiger partial charge is 0.490 e. The third-order valence-electron chi connectivity index (χ3n) is 2.63. The Hall–Kier alpha value is -1.86. The zero-order valence-electron chi connectivity index (χ0n) is 10.2. The van der Waals surface area contributed by atoms with Crippen LogP contribution in [0.25, 0.3) is 0 Å². The summed E-state index contributed by atoms with van der Waals surface area (Å²) in [6.45, 7) is 1.06. The Morgan fingerprint density at radius 3 is 2.89 bits per heavy atom. The number of imidazole rings is 1. The summed E-state index contributed by atoms with van der Waals surface area (Å²) < 4.78 is 20.6. The van der Waals surface area contributed by atoms with E-state index in [4.69, 9.17) is 14.8 Å². The van der Waals surface area contributed by atoms with Gasteiger partial charge < -0.3 is 19.4 Å². The SMILES string of the molecule is OB(O)c1ccc(F)c(OCCCn2ccnc2)c1. The van der Waals surface area contributed by atoms with E-state index in [-0.39, 0.29) is 11.2 Å². The number of benzene rings is 1. The summed E-state index contributed by atoms with van der Waals surface area (Å²) in [5.41, 5.74) is 0.200.